The van der Waals surface area contributed by atoms with Gasteiger partial charge in [0.25, 0.3) is 0 Å². The molecule has 0 aromatic heterocycles. The fourth-order valence-corrected chi connectivity index (χ4v) is 1.34. The first-order chi connectivity index (χ1) is 8.21. The zero-order valence-electron chi connectivity index (χ0n) is 10.3. The highest BCUT2D eigenvalue weighted by Gasteiger charge is 2.08. The second kappa shape index (κ2) is 7.14. The smallest absolute Gasteiger partial charge is 0.161 e. The minimum atomic E-state index is -0.470. The number of ether oxygens (including phenoxy) is 2. The van der Waals surface area contributed by atoms with E-state index in [1.165, 1.54) is 0 Å². The quantitative estimate of drug-likeness (QED) is 0.762. The Bertz CT molecular complexity index is 338. The molecular formula is C13H20O4. The Balaban J connectivity index is 2.75. The first kappa shape index (κ1) is 13.8. The van der Waals surface area contributed by atoms with Crippen LogP contribution in [0.15, 0.2) is 18.2 Å². The van der Waals surface area contributed by atoms with Crippen molar-refractivity contribution in [2.45, 2.75) is 33.0 Å². The van der Waals surface area contributed by atoms with Gasteiger partial charge in [-0.1, -0.05) is 13.0 Å². The molecule has 17 heavy (non-hydrogen) atoms. The molecule has 1 unspecified atom stereocenters. The van der Waals surface area contributed by atoms with Crippen LogP contribution in [-0.4, -0.2) is 29.5 Å². The van der Waals surface area contributed by atoms with Gasteiger partial charge in [0.15, 0.2) is 11.5 Å². The highest BCUT2D eigenvalue weighted by Crippen LogP contribution is 2.28. The number of aliphatic hydroxyl groups is 2. The van der Waals surface area contributed by atoms with Crippen molar-refractivity contribution in [3.8, 4) is 11.5 Å². The van der Waals surface area contributed by atoms with Crippen LogP contribution in [0.2, 0.25) is 0 Å². The molecule has 1 atom stereocenters. The molecule has 2 N–H and O–H groups in total. The number of aliphatic hydroxyl groups excluding tert-OH is 2. The lowest BCUT2D eigenvalue weighted by molar-refractivity contribution is 0.102. The summed E-state index contributed by atoms with van der Waals surface area (Å²) in [5.41, 5.74) is 0.775. The van der Waals surface area contributed by atoms with Crippen LogP contribution in [0.1, 0.15) is 25.8 Å². The van der Waals surface area contributed by atoms with Crippen molar-refractivity contribution in [1.29, 1.82) is 0 Å². The molecule has 0 bridgehead atoms. The van der Waals surface area contributed by atoms with Crippen LogP contribution in [0.25, 0.3) is 0 Å². The zero-order chi connectivity index (χ0) is 12.7. The Hall–Kier alpha value is -1.26. The molecule has 0 aliphatic heterocycles. The molecule has 0 radical (unpaired) electrons. The second-order valence-corrected chi connectivity index (χ2v) is 3.75. The molecule has 0 aliphatic rings. The topological polar surface area (TPSA) is 58.9 Å². The van der Waals surface area contributed by atoms with E-state index in [1.54, 1.807) is 18.2 Å². The SMILES string of the molecule is CCOc1cc(CO)ccc1OCC(O)CC. The lowest BCUT2D eigenvalue weighted by Gasteiger charge is -2.14. The second-order valence-electron chi connectivity index (χ2n) is 3.75. The van der Waals surface area contributed by atoms with E-state index in [9.17, 15) is 5.11 Å². The maximum atomic E-state index is 9.43. The summed E-state index contributed by atoms with van der Waals surface area (Å²) in [4.78, 5) is 0. The minimum absolute atomic E-state index is 0.0298. The van der Waals surface area contributed by atoms with E-state index >= 15 is 0 Å². The normalized spacial score (nSPS) is 12.2. The molecule has 0 amide bonds. The summed E-state index contributed by atoms with van der Waals surface area (Å²) in [5, 5.41) is 18.5. The molecule has 0 spiro atoms. The standard InChI is InChI=1S/C13H20O4/c1-3-11(15)9-17-12-6-5-10(8-14)7-13(12)16-4-2/h5-7,11,14-15H,3-4,8-9H2,1-2H3. The Morgan fingerprint density at radius 3 is 2.53 bits per heavy atom. The monoisotopic (exact) mass is 240 g/mol. The summed E-state index contributed by atoms with van der Waals surface area (Å²) < 4.78 is 10.9. The van der Waals surface area contributed by atoms with Gasteiger partial charge in [0.1, 0.15) is 6.61 Å². The van der Waals surface area contributed by atoms with Crippen LogP contribution in [0.4, 0.5) is 0 Å². The predicted molar refractivity (Wildman–Crippen MR) is 65.3 cm³/mol. The highest BCUT2D eigenvalue weighted by atomic mass is 16.5. The van der Waals surface area contributed by atoms with Gasteiger partial charge in [-0.05, 0) is 31.0 Å². The minimum Gasteiger partial charge on any atom is -0.490 e. The molecule has 4 nitrogen and oxygen atoms in total. The largest absolute Gasteiger partial charge is 0.490 e. The van der Waals surface area contributed by atoms with Crippen LogP contribution in [0.5, 0.6) is 11.5 Å². The molecule has 0 fully saturated rings. The summed E-state index contributed by atoms with van der Waals surface area (Å²) in [7, 11) is 0. The van der Waals surface area contributed by atoms with E-state index in [2.05, 4.69) is 0 Å². The average molecular weight is 240 g/mol. The van der Waals surface area contributed by atoms with Gasteiger partial charge >= 0.3 is 0 Å². The molecule has 1 aromatic carbocycles. The molecule has 0 aliphatic carbocycles. The van der Waals surface area contributed by atoms with E-state index in [-0.39, 0.29) is 13.2 Å². The Kier molecular flexibility index (Phi) is 5.80. The summed E-state index contributed by atoms with van der Waals surface area (Å²) >= 11 is 0. The van der Waals surface area contributed by atoms with Gasteiger partial charge in [-0.3, -0.25) is 0 Å². The lowest BCUT2D eigenvalue weighted by Crippen LogP contribution is -2.16. The van der Waals surface area contributed by atoms with Crippen molar-refractivity contribution < 1.29 is 19.7 Å². The summed E-state index contributed by atoms with van der Waals surface area (Å²) in [5.74, 6) is 1.19. The summed E-state index contributed by atoms with van der Waals surface area (Å²) in [6.45, 7) is 4.52. The van der Waals surface area contributed by atoms with Crippen LogP contribution in [0, 0.1) is 0 Å². The summed E-state index contributed by atoms with van der Waals surface area (Å²) in [6.07, 6.45) is 0.181. The van der Waals surface area contributed by atoms with Gasteiger partial charge in [-0.15, -0.1) is 0 Å². The van der Waals surface area contributed by atoms with Crippen LogP contribution >= 0.6 is 0 Å². The Labute approximate surface area is 102 Å². The fourth-order valence-electron chi connectivity index (χ4n) is 1.34. The number of hydrogen-bond donors (Lipinski definition) is 2. The van der Waals surface area contributed by atoms with E-state index in [0.29, 0.717) is 24.5 Å². The number of rotatable bonds is 7. The zero-order valence-corrected chi connectivity index (χ0v) is 10.3. The first-order valence-electron chi connectivity index (χ1n) is 5.88. The van der Waals surface area contributed by atoms with Crippen molar-refractivity contribution in [2.24, 2.45) is 0 Å². The Morgan fingerprint density at radius 1 is 1.18 bits per heavy atom. The van der Waals surface area contributed by atoms with E-state index in [1.807, 2.05) is 13.8 Å². The van der Waals surface area contributed by atoms with Gasteiger partial charge < -0.3 is 19.7 Å². The van der Waals surface area contributed by atoms with Gasteiger partial charge in [0, 0.05) is 0 Å². The van der Waals surface area contributed by atoms with Crippen molar-refractivity contribution in [3.05, 3.63) is 23.8 Å². The predicted octanol–water partition coefficient (Wildman–Crippen LogP) is 1.73. The molecule has 0 heterocycles. The Morgan fingerprint density at radius 2 is 1.94 bits per heavy atom. The van der Waals surface area contributed by atoms with Crippen LogP contribution in [-0.2, 0) is 6.61 Å². The average Bonchev–Trinajstić information content (AvgIpc) is 2.37. The molecule has 1 aromatic rings. The third-order valence-corrected chi connectivity index (χ3v) is 2.39. The third kappa shape index (κ3) is 4.24. The van der Waals surface area contributed by atoms with Crippen LogP contribution < -0.4 is 9.47 Å². The van der Waals surface area contributed by atoms with E-state index < -0.39 is 6.10 Å². The molecule has 0 saturated carbocycles. The van der Waals surface area contributed by atoms with Crippen molar-refractivity contribution in [2.75, 3.05) is 13.2 Å². The molecule has 96 valence electrons. The van der Waals surface area contributed by atoms with Gasteiger partial charge in [0.2, 0.25) is 0 Å². The number of benzene rings is 1. The van der Waals surface area contributed by atoms with Crippen molar-refractivity contribution in [1.82, 2.24) is 0 Å². The lowest BCUT2D eigenvalue weighted by atomic mass is 10.2. The first-order valence-corrected chi connectivity index (χ1v) is 5.88. The maximum absolute atomic E-state index is 9.43. The molecule has 0 saturated heterocycles. The third-order valence-electron chi connectivity index (χ3n) is 2.39. The summed E-state index contributed by atoms with van der Waals surface area (Å²) in [6, 6.07) is 5.27. The van der Waals surface area contributed by atoms with E-state index in [4.69, 9.17) is 14.6 Å². The highest BCUT2D eigenvalue weighted by molar-refractivity contribution is 5.42. The number of hydrogen-bond acceptors (Lipinski definition) is 4. The molecular weight excluding hydrogens is 220 g/mol. The fraction of sp³-hybridized carbons (Fsp3) is 0.538. The maximum Gasteiger partial charge on any atom is 0.161 e. The van der Waals surface area contributed by atoms with E-state index in [0.717, 1.165) is 5.56 Å². The van der Waals surface area contributed by atoms with Crippen LogP contribution in [0.3, 0.4) is 0 Å². The van der Waals surface area contributed by atoms with Crippen molar-refractivity contribution >= 4 is 0 Å². The molecule has 1 rings (SSSR count). The van der Waals surface area contributed by atoms with Gasteiger partial charge in [0.05, 0.1) is 19.3 Å². The van der Waals surface area contributed by atoms with Gasteiger partial charge in [-0.25, -0.2) is 0 Å². The van der Waals surface area contributed by atoms with Crippen molar-refractivity contribution in [3.63, 3.8) is 0 Å². The van der Waals surface area contributed by atoms with Gasteiger partial charge in [-0.2, -0.15) is 0 Å². The molecule has 4 heteroatoms.